The van der Waals surface area contributed by atoms with Crippen LogP contribution in [0.1, 0.15) is 17.5 Å². The number of rotatable bonds is 9. The topological polar surface area (TPSA) is 61.1 Å². The summed E-state index contributed by atoms with van der Waals surface area (Å²) < 4.78 is 21.2. The van der Waals surface area contributed by atoms with Gasteiger partial charge in [0.2, 0.25) is 0 Å². The molecule has 0 aliphatic heterocycles. The number of hydrogen-bond acceptors (Lipinski definition) is 6. The van der Waals surface area contributed by atoms with Gasteiger partial charge in [0.25, 0.3) is 0 Å². The molecule has 3 aromatic rings. The molecule has 0 unspecified atom stereocenters. The smallest absolute Gasteiger partial charge is 0.336 e. The summed E-state index contributed by atoms with van der Waals surface area (Å²) in [4.78, 5) is 14.2. The predicted octanol–water partition coefficient (Wildman–Crippen LogP) is 3.88. The number of benzene rings is 2. The van der Waals surface area contributed by atoms with E-state index < -0.39 is 0 Å². The van der Waals surface area contributed by atoms with Crippen LogP contribution in [0.15, 0.2) is 51.7 Å². The Morgan fingerprint density at radius 2 is 1.72 bits per heavy atom. The van der Waals surface area contributed by atoms with E-state index in [4.69, 9.17) is 18.6 Å². The van der Waals surface area contributed by atoms with E-state index in [0.717, 1.165) is 41.8 Å². The zero-order valence-electron chi connectivity index (χ0n) is 17.4. The zero-order chi connectivity index (χ0) is 20.8. The van der Waals surface area contributed by atoms with Crippen LogP contribution in [-0.2, 0) is 13.0 Å². The van der Waals surface area contributed by atoms with Crippen LogP contribution in [0.4, 0.5) is 0 Å². The number of hydrogen-bond donors (Lipinski definition) is 0. The van der Waals surface area contributed by atoms with Crippen LogP contribution in [-0.4, -0.2) is 39.8 Å². The van der Waals surface area contributed by atoms with Crippen molar-refractivity contribution in [2.75, 3.05) is 34.9 Å². The summed E-state index contributed by atoms with van der Waals surface area (Å²) in [6.45, 7) is 1.56. The summed E-state index contributed by atoms with van der Waals surface area (Å²) in [5.41, 5.74) is 2.35. The molecule has 0 bridgehead atoms. The highest BCUT2D eigenvalue weighted by atomic mass is 16.5. The summed E-state index contributed by atoms with van der Waals surface area (Å²) in [5.74, 6) is 2.15. The number of fused-ring (bicyclic) bond motifs is 1. The fraction of sp³-hybridized carbons (Fsp3) is 0.348. The highest BCUT2D eigenvalue weighted by Crippen LogP contribution is 2.28. The largest absolute Gasteiger partial charge is 0.497 e. The lowest BCUT2D eigenvalue weighted by Gasteiger charge is -2.18. The van der Waals surface area contributed by atoms with Gasteiger partial charge in [0.15, 0.2) is 11.5 Å². The van der Waals surface area contributed by atoms with Crippen LogP contribution in [0.25, 0.3) is 11.0 Å². The number of aryl methyl sites for hydroxylation is 1. The van der Waals surface area contributed by atoms with E-state index in [2.05, 4.69) is 18.0 Å². The van der Waals surface area contributed by atoms with Crippen molar-refractivity contribution in [3.8, 4) is 17.2 Å². The van der Waals surface area contributed by atoms with Crippen molar-refractivity contribution < 1.29 is 18.6 Å². The second-order valence-corrected chi connectivity index (χ2v) is 6.98. The molecule has 0 amide bonds. The number of methoxy groups -OCH3 is 3. The van der Waals surface area contributed by atoms with Gasteiger partial charge in [0.1, 0.15) is 11.3 Å². The minimum atomic E-state index is -0.348. The first-order chi connectivity index (χ1) is 14.0. The summed E-state index contributed by atoms with van der Waals surface area (Å²) in [6.07, 6.45) is 1.92. The molecule has 2 aromatic carbocycles. The first-order valence-electron chi connectivity index (χ1n) is 9.54. The van der Waals surface area contributed by atoms with E-state index in [1.54, 1.807) is 33.5 Å². The Balaban J connectivity index is 1.64. The second-order valence-electron chi connectivity index (χ2n) is 6.98. The lowest BCUT2D eigenvalue weighted by Crippen LogP contribution is -2.20. The molecule has 0 fully saturated rings. The molecular formula is C23H27NO5. The summed E-state index contributed by atoms with van der Waals surface area (Å²) in [6, 6.07) is 13.1. The minimum Gasteiger partial charge on any atom is -0.497 e. The Labute approximate surface area is 170 Å². The number of nitrogens with zero attached hydrogens (tertiary/aromatic N) is 1. The molecule has 1 aromatic heterocycles. The van der Waals surface area contributed by atoms with Crippen molar-refractivity contribution >= 4 is 11.0 Å². The molecule has 0 saturated carbocycles. The van der Waals surface area contributed by atoms with Crippen molar-refractivity contribution in [1.29, 1.82) is 0 Å². The van der Waals surface area contributed by atoms with E-state index in [0.29, 0.717) is 17.9 Å². The highest BCUT2D eigenvalue weighted by Gasteiger charge is 2.10. The van der Waals surface area contributed by atoms with Gasteiger partial charge in [-0.3, -0.25) is 0 Å². The van der Waals surface area contributed by atoms with Crippen molar-refractivity contribution in [1.82, 2.24) is 4.90 Å². The lowest BCUT2D eigenvalue weighted by atomic mass is 10.1. The molecule has 6 heteroatoms. The molecule has 0 radical (unpaired) electrons. The Bertz CT molecular complexity index is 1030. The molecule has 0 spiro atoms. The van der Waals surface area contributed by atoms with Crippen LogP contribution >= 0.6 is 0 Å². The molecule has 0 atom stereocenters. The first-order valence-corrected chi connectivity index (χ1v) is 9.54. The number of ether oxygens (including phenoxy) is 3. The monoisotopic (exact) mass is 397 g/mol. The van der Waals surface area contributed by atoms with Crippen molar-refractivity contribution in [2.45, 2.75) is 19.4 Å². The van der Waals surface area contributed by atoms with E-state index >= 15 is 0 Å². The normalized spacial score (nSPS) is 11.1. The first kappa shape index (κ1) is 20.7. The fourth-order valence-electron chi connectivity index (χ4n) is 3.43. The lowest BCUT2D eigenvalue weighted by molar-refractivity contribution is 0.322. The van der Waals surface area contributed by atoms with Gasteiger partial charge in [-0.25, -0.2) is 4.79 Å². The van der Waals surface area contributed by atoms with Crippen molar-refractivity contribution in [3.05, 3.63) is 64.0 Å². The van der Waals surface area contributed by atoms with Gasteiger partial charge in [0.05, 0.1) is 21.3 Å². The van der Waals surface area contributed by atoms with E-state index in [1.807, 2.05) is 24.3 Å². The minimum absolute atomic E-state index is 0.348. The summed E-state index contributed by atoms with van der Waals surface area (Å²) >= 11 is 0. The SMILES string of the molecule is COc1ccc2c(CN(C)CCCc3ccc(OC)c(OC)c3)cc(=O)oc2c1. The Hall–Kier alpha value is -2.99. The maximum absolute atomic E-state index is 11.9. The van der Waals surface area contributed by atoms with Crippen LogP contribution in [0.2, 0.25) is 0 Å². The Kier molecular flexibility index (Phi) is 6.77. The molecule has 29 heavy (non-hydrogen) atoms. The van der Waals surface area contributed by atoms with Gasteiger partial charge in [-0.2, -0.15) is 0 Å². The van der Waals surface area contributed by atoms with E-state index in [9.17, 15) is 4.79 Å². The zero-order valence-corrected chi connectivity index (χ0v) is 17.4. The fourth-order valence-corrected chi connectivity index (χ4v) is 3.43. The predicted molar refractivity (Wildman–Crippen MR) is 113 cm³/mol. The van der Waals surface area contributed by atoms with Crippen molar-refractivity contribution in [3.63, 3.8) is 0 Å². The van der Waals surface area contributed by atoms with Crippen LogP contribution < -0.4 is 19.8 Å². The molecule has 0 N–H and O–H groups in total. The van der Waals surface area contributed by atoms with E-state index in [-0.39, 0.29) is 5.63 Å². The maximum atomic E-state index is 11.9. The summed E-state index contributed by atoms with van der Waals surface area (Å²) in [7, 11) is 6.93. The Morgan fingerprint density at radius 1 is 0.931 bits per heavy atom. The quantitative estimate of drug-likeness (QED) is 0.511. The molecule has 6 nitrogen and oxygen atoms in total. The third-order valence-electron chi connectivity index (χ3n) is 4.93. The van der Waals surface area contributed by atoms with Gasteiger partial charge in [-0.15, -0.1) is 0 Å². The molecule has 3 rings (SSSR count). The molecule has 154 valence electrons. The van der Waals surface area contributed by atoms with Crippen molar-refractivity contribution in [2.24, 2.45) is 0 Å². The van der Waals surface area contributed by atoms with Crippen LogP contribution in [0.5, 0.6) is 17.2 Å². The third kappa shape index (κ3) is 5.09. The average molecular weight is 397 g/mol. The maximum Gasteiger partial charge on any atom is 0.336 e. The second kappa shape index (κ2) is 9.47. The summed E-state index contributed by atoms with van der Waals surface area (Å²) in [5, 5.41) is 0.928. The Morgan fingerprint density at radius 3 is 2.45 bits per heavy atom. The highest BCUT2D eigenvalue weighted by molar-refractivity contribution is 5.81. The van der Waals surface area contributed by atoms with Gasteiger partial charge in [-0.05, 0) is 61.8 Å². The van der Waals surface area contributed by atoms with E-state index in [1.165, 1.54) is 5.56 Å². The molecule has 0 saturated heterocycles. The molecule has 0 aliphatic rings. The molecular weight excluding hydrogens is 370 g/mol. The van der Waals surface area contributed by atoms with Gasteiger partial charge in [-0.1, -0.05) is 6.07 Å². The van der Waals surface area contributed by atoms with Gasteiger partial charge in [0, 0.05) is 24.1 Å². The average Bonchev–Trinajstić information content (AvgIpc) is 2.72. The van der Waals surface area contributed by atoms with Gasteiger partial charge >= 0.3 is 5.63 Å². The molecule has 1 heterocycles. The van der Waals surface area contributed by atoms with Crippen LogP contribution in [0, 0.1) is 0 Å². The third-order valence-corrected chi connectivity index (χ3v) is 4.93. The molecule has 0 aliphatic carbocycles. The van der Waals surface area contributed by atoms with Gasteiger partial charge < -0.3 is 23.5 Å². The van der Waals surface area contributed by atoms with Crippen LogP contribution in [0.3, 0.4) is 0 Å². The standard InChI is InChI=1S/C23H27NO5/c1-24(11-5-6-16-7-10-20(27-3)22(12-16)28-4)15-17-13-23(25)29-21-14-18(26-2)8-9-19(17)21/h7-10,12-14H,5-6,11,15H2,1-4H3.